The molecule has 0 spiro atoms. The number of rotatable bonds is 9. The Balaban J connectivity index is 2.49. The van der Waals surface area contributed by atoms with E-state index in [4.69, 9.17) is 0 Å². The topological polar surface area (TPSA) is 107 Å². The molecule has 1 amide bonds. The highest BCUT2D eigenvalue weighted by atomic mass is 32.2. The fraction of sp³-hybridized carbons (Fsp3) is 0.381. The van der Waals surface area contributed by atoms with Gasteiger partial charge in [-0.1, -0.05) is 19.9 Å². The average molecular weight is 483 g/mol. The third-order valence-corrected chi connectivity index (χ3v) is 8.77. The molecule has 1 N–H and O–H groups in total. The van der Waals surface area contributed by atoms with Gasteiger partial charge in [-0.3, -0.25) is 4.79 Å². The molecule has 0 fully saturated rings. The molecular formula is C21H30N4O5S2. The molecule has 0 aliphatic rings. The molecule has 0 unspecified atom stereocenters. The lowest BCUT2D eigenvalue weighted by atomic mass is 10.2. The monoisotopic (exact) mass is 482 g/mol. The summed E-state index contributed by atoms with van der Waals surface area (Å²) >= 11 is 0. The fourth-order valence-electron chi connectivity index (χ4n) is 3.08. The molecule has 9 nitrogen and oxygen atoms in total. The number of benzene rings is 2. The molecule has 32 heavy (non-hydrogen) atoms. The zero-order chi connectivity index (χ0) is 24.3. The first-order valence-corrected chi connectivity index (χ1v) is 12.9. The van der Waals surface area contributed by atoms with Gasteiger partial charge in [0.15, 0.2) is 0 Å². The van der Waals surface area contributed by atoms with Gasteiger partial charge < -0.3 is 10.2 Å². The van der Waals surface area contributed by atoms with Crippen LogP contribution in [0.4, 0.5) is 11.4 Å². The molecule has 176 valence electrons. The van der Waals surface area contributed by atoms with Crippen LogP contribution < -0.4 is 10.2 Å². The predicted octanol–water partition coefficient (Wildman–Crippen LogP) is 2.29. The number of amides is 1. The van der Waals surface area contributed by atoms with E-state index in [0.717, 1.165) is 4.31 Å². The van der Waals surface area contributed by atoms with Gasteiger partial charge in [0.05, 0.1) is 21.2 Å². The van der Waals surface area contributed by atoms with E-state index >= 15 is 0 Å². The van der Waals surface area contributed by atoms with Crippen LogP contribution in [-0.4, -0.2) is 72.6 Å². The highest BCUT2D eigenvalue weighted by Gasteiger charge is 2.24. The van der Waals surface area contributed by atoms with Gasteiger partial charge in [0.2, 0.25) is 20.0 Å². The lowest BCUT2D eigenvalue weighted by molar-refractivity contribution is 0.102. The standard InChI is InChI=1S/C21H30N4O5S2/c1-7-25(8-2)32(29,30)18-12-13-20(23(3)4)19(15-18)22-21(26)16-10-9-11-17(14-16)31(27,28)24(5)6/h9-15H,7-8H2,1-6H3,(H,22,26). The van der Waals surface area contributed by atoms with Crippen molar-refractivity contribution in [2.75, 3.05) is 51.5 Å². The van der Waals surface area contributed by atoms with Gasteiger partial charge >= 0.3 is 0 Å². The van der Waals surface area contributed by atoms with E-state index in [2.05, 4.69) is 5.32 Å². The van der Waals surface area contributed by atoms with Crippen molar-refractivity contribution >= 4 is 37.3 Å². The third-order valence-electron chi connectivity index (χ3n) is 4.92. The van der Waals surface area contributed by atoms with Gasteiger partial charge in [-0.2, -0.15) is 4.31 Å². The third kappa shape index (κ3) is 5.29. The Morgan fingerprint density at radius 1 is 0.844 bits per heavy atom. The van der Waals surface area contributed by atoms with Crippen molar-refractivity contribution < 1.29 is 21.6 Å². The summed E-state index contributed by atoms with van der Waals surface area (Å²) in [6, 6.07) is 10.2. The number of nitrogens with one attached hydrogen (secondary N) is 1. The van der Waals surface area contributed by atoms with E-state index in [1.165, 1.54) is 54.8 Å². The zero-order valence-corrected chi connectivity index (χ0v) is 20.8. The summed E-state index contributed by atoms with van der Waals surface area (Å²) in [5.74, 6) is -0.554. The van der Waals surface area contributed by atoms with Crippen LogP contribution in [0.1, 0.15) is 24.2 Å². The van der Waals surface area contributed by atoms with Crippen LogP contribution in [0, 0.1) is 0 Å². The van der Waals surface area contributed by atoms with Crippen molar-refractivity contribution in [3.05, 3.63) is 48.0 Å². The van der Waals surface area contributed by atoms with Crippen molar-refractivity contribution in [1.82, 2.24) is 8.61 Å². The van der Waals surface area contributed by atoms with Gasteiger partial charge in [-0.15, -0.1) is 0 Å². The molecule has 2 rings (SSSR count). The zero-order valence-electron chi connectivity index (χ0n) is 19.2. The average Bonchev–Trinajstić information content (AvgIpc) is 2.74. The first-order chi connectivity index (χ1) is 14.9. The minimum atomic E-state index is -3.72. The maximum Gasteiger partial charge on any atom is 0.255 e. The van der Waals surface area contributed by atoms with Crippen LogP contribution in [-0.2, 0) is 20.0 Å². The van der Waals surface area contributed by atoms with E-state index < -0.39 is 26.0 Å². The van der Waals surface area contributed by atoms with Gasteiger partial charge in [0.1, 0.15) is 0 Å². The van der Waals surface area contributed by atoms with Gasteiger partial charge in [0, 0.05) is 46.8 Å². The Morgan fingerprint density at radius 3 is 1.97 bits per heavy atom. The Kier molecular flexibility index (Phi) is 8.05. The van der Waals surface area contributed by atoms with Crippen molar-refractivity contribution in [3.8, 4) is 0 Å². The van der Waals surface area contributed by atoms with E-state index in [1.54, 1.807) is 38.9 Å². The molecule has 0 aliphatic heterocycles. The SMILES string of the molecule is CCN(CC)S(=O)(=O)c1ccc(N(C)C)c(NC(=O)c2cccc(S(=O)(=O)N(C)C)c2)c1. The number of carbonyl (C=O) groups is 1. The lowest BCUT2D eigenvalue weighted by Crippen LogP contribution is -2.30. The maximum absolute atomic E-state index is 12.9. The van der Waals surface area contributed by atoms with Crippen LogP contribution >= 0.6 is 0 Å². The summed E-state index contributed by atoms with van der Waals surface area (Å²) in [6.45, 7) is 4.16. The van der Waals surface area contributed by atoms with Crippen molar-refractivity contribution in [2.45, 2.75) is 23.6 Å². The summed E-state index contributed by atoms with van der Waals surface area (Å²) in [5.41, 5.74) is 1.04. The number of hydrogen-bond acceptors (Lipinski definition) is 6. The Bertz CT molecular complexity index is 1190. The number of carbonyl (C=O) groups excluding carboxylic acids is 1. The first kappa shape index (κ1) is 25.8. The molecular weight excluding hydrogens is 452 g/mol. The smallest absolute Gasteiger partial charge is 0.255 e. The largest absolute Gasteiger partial charge is 0.376 e. The van der Waals surface area contributed by atoms with Crippen molar-refractivity contribution in [3.63, 3.8) is 0 Å². The summed E-state index contributed by atoms with van der Waals surface area (Å²) in [6.07, 6.45) is 0. The van der Waals surface area contributed by atoms with Crippen molar-refractivity contribution in [1.29, 1.82) is 0 Å². The molecule has 0 heterocycles. The second-order valence-electron chi connectivity index (χ2n) is 7.43. The highest BCUT2D eigenvalue weighted by Crippen LogP contribution is 2.29. The summed E-state index contributed by atoms with van der Waals surface area (Å²) in [7, 11) is -1.07. The Morgan fingerprint density at radius 2 is 1.44 bits per heavy atom. The normalized spacial score (nSPS) is 12.2. The molecule has 0 atom stereocenters. The van der Waals surface area contributed by atoms with E-state index in [-0.39, 0.29) is 15.4 Å². The number of anilines is 2. The highest BCUT2D eigenvalue weighted by molar-refractivity contribution is 7.89. The molecule has 0 saturated carbocycles. The number of nitrogens with zero attached hydrogens (tertiary/aromatic N) is 3. The molecule has 2 aromatic carbocycles. The minimum absolute atomic E-state index is 0.0131. The van der Waals surface area contributed by atoms with Crippen molar-refractivity contribution in [2.24, 2.45) is 0 Å². The molecule has 11 heteroatoms. The van der Waals surface area contributed by atoms with Crippen LogP contribution in [0.25, 0.3) is 0 Å². The number of hydrogen-bond donors (Lipinski definition) is 1. The van der Waals surface area contributed by atoms with Gasteiger partial charge in [-0.05, 0) is 36.4 Å². The van der Waals surface area contributed by atoms with Crippen LogP contribution in [0.3, 0.4) is 0 Å². The van der Waals surface area contributed by atoms with E-state index in [0.29, 0.717) is 24.5 Å². The second-order valence-corrected chi connectivity index (χ2v) is 11.5. The quantitative estimate of drug-likeness (QED) is 0.588. The molecule has 2 aromatic rings. The number of sulfonamides is 2. The van der Waals surface area contributed by atoms with Gasteiger partial charge in [0.25, 0.3) is 5.91 Å². The molecule has 0 saturated heterocycles. The van der Waals surface area contributed by atoms with Crippen LogP contribution in [0.15, 0.2) is 52.3 Å². The lowest BCUT2D eigenvalue weighted by Gasteiger charge is -2.22. The maximum atomic E-state index is 12.9. The molecule has 0 aliphatic carbocycles. The summed E-state index contributed by atoms with van der Waals surface area (Å²) in [5, 5.41) is 2.73. The molecule has 0 aromatic heterocycles. The fourth-order valence-corrected chi connectivity index (χ4v) is 5.51. The van der Waals surface area contributed by atoms with Crippen LogP contribution in [0.2, 0.25) is 0 Å². The predicted molar refractivity (Wildman–Crippen MR) is 126 cm³/mol. The summed E-state index contributed by atoms with van der Waals surface area (Å²) in [4.78, 5) is 14.7. The Hall–Kier alpha value is -2.47. The van der Waals surface area contributed by atoms with Crippen LogP contribution in [0.5, 0.6) is 0 Å². The van der Waals surface area contributed by atoms with E-state index in [9.17, 15) is 21.6 Å². The molecule has 0 radical (unpaired) electrons. The second kappa shape index (κ2) is 9.99. The van der Waals surface area contributed by atoms with Gasteiger partial charge in [-0.25, -0.2) is 21.1 Å². The first-order valence-electron chi connectivity index (χ1n) is 10.0. The molecule has 0 bridgehead atoms. The Labute approximate surface area is 190 Å². The minimum Gasteiger partial charge on any atom is -0.376 e. The van der Waals surface area contributed by atoms with E-state index in [1.807, 2.05) is 0 Å². The summed E-state index contributed by atoms with van der Waals surface area (Å²) < 4.78 is 53.1.